The van der Waals surface area contributed by atoms with Gasteiger partial charge in [-0.3, -0.25) is 9.59 Å². The zero-order valence-corrected chi connectivity index (χ0v) is 21.1. The predicted molar refractivity (Wildman–Crippen MR) is 139 cm³/mol. The number of rotatable bonds is 7. The number of nitrogens with two attached hydrogens (primary N) is 1. The number of aromatic nitrogens is 2. The Hall–Kier alpha value is -3.56. The monoisotopic (exact) mass is 525 g/mol. The number of anilines is 1. The van der Waals surface area contributed by atoms with Crippen LogP contribution in [0.5, 0.6) is 0 Å². The number of halogens is 2. The van der Waals surface area contributed by atoms with E-state index in [1.165, 1.54) is 19.1 Å². The first-order chi connectivity index (χ1) is 17.7. The van der Waals surface area contributed by atoms with E-state index in [9.17, 15) is 14.7 Å². The summed E-state index contributed by atoms with van der Waals surface area (Å²) in [5.74, 6) is -1.14. The summed E-state index contributed by atoms with van der Waals surface area (Å²) in [5.41, 5.74) is 8.02. The quantitative estimate of drug-likeness (QED) is 0.367. The Balaban J connectivity index is 1.50. The van der Waals surface area contributed by atoms with E-state index >= 15 is 4.39 Å². The largest absolute Gasteiger partial charge is 0.394 e. The normalized spacial score (nSPS) is 18.2. The Morgan fingerprint density at radius 3 is 2.59 bits per heavy atom. The summed E-state index contributed by atoms with van der Waals surface area (Å²) in [5, 5.41) is 15.8. The zero-order valence-electron chi connectivity index (χ0n) is 20.4. The molecule has 5 N–H and O–H groups in total. The number of nitrogen functional groups attached to an aromatic ring is 1. The second-order valence-electron chi connectivity index (χ2n) is 9.24. The molecule has 10 heteroatoms. The molecule has 1 aliphatic carbocycles. The Morgan fingerprint density at radius 1 is 1.19 bits per heavy atom. The Labute approximate surface area is 219 Å². The molecular formula is C27H29ClFN5O3. The van der Waals surface area contributed by atoms with E-state index in [0.717, 1.165) is 31.4 Å². The molecule has 0 saturated heterocycles. The maximum Gasteiger partial charge on any atom is 0.254 e. The Morgan fingerprint density at radius 2 is 1.95 bits per heavy atom. The smallest absolute Gasteiger partial charge is 0.254 e. The predicted octanol–water partition coefficient (Wildman–Crippen LogP) is 4.14. The van der Waals surface area contributed by atoms with Crippen LogP contribution in [-0.2, 0) is 4.79 Å². The van der Waals surface area contributed by atoms with Gasteiger partial charge in [-0.2, -0.15) is 0 Å². The van der Waals surface area contributed by atoms with Crippen LogP contribution in [0.3, 0.4) is 0 Å². The third-order valence-electron chi connectivity index (χ3n) is 6.60. The lowest BCUT2D eigenvalue weighted by Crippen LogP contribution is -2.35. The minimum Gasteiger partial charge on any atom is -0.394 e. The van der Waals surface area contributed by atoms with Crippen molar-refractivity contribution in [1.29, 1.82) is 0 Å². The molecule has 1 aliphatic rings. The standard InChI is InChI=1S/C27H29ClFN5O3/c1-15(36)32-20-8-5-16(6-9-20)23-13-31-26(30)25(33-23)18-7-10-21(22(29)12-18)27(37)34-24(14-35)17-3-2-4-19(28)11-17/h2-4,7,10-13,16,20,24,35H,5-6,8-9,14H2,1H3,(H2,30,31)(H,32,36)(H,34,37)/t16-,20-,24?. The summed E-state index contributed by atoms with van der Waals surface area (Å²) in [6.07, 6.45) is 5.01. The molecule has 2 aromatic carbocycles. The van der Waals surface area contributed by atoms with Gasteiger partial charge in [-0.25, -0.2) is 14.4 Å². The number of carbonyl (C=O) groups excluding carboxylic acids is 2. The first-order valence-electron chi connectivity index (χ1n) is 12.1. The number of aliphatic hydroxyl groups excluding tert-OH is 1. The zero-order chi connectivity index (χ0) is 26.5. The van der Waals surface area contributed by atoms with Crippen LogP contribution in [0.15, 0.2) is 48.7 Å². The fourth-order valence-electron chi connectivity index (χ4n) is 4.68. The molecule has 3 aromatic rings. The summed E-state index contributed by atoms with van der Waals surface area (Å²) < 4.78 is 15.1. The van der Waals surface area contributed by atoms with Crippen LogP contribution in [-0.4, -0.2) is 39.5 Å². The van der Waals surface area contributed by atoms with Crippen molar-refractivity contribution in [3.8, 4) is 11.3 Å². The minimum absolute atomic E-state index is 0.0338. The van der Waals surface area contributed by atoms with Crippen LogP contribution in [0.1, 0.15) is 66.2 Å². The average molecular weight is 526 g/mol. The second-order valence-corrected chi connectivity index (χ2v) is 9.67. The summed E-state index contributed by atoms with van der Waals surface area (Å²) in [7, 11) is 0. The topological polar surface area (TPSA) is 130 Å². The van der Waals surface area contributed by atoms with E-state index in [2.05, 4.69) is 20.6 Å². The molecule has 0 spiro atoms. The number of hydrogen-bond donors (Lipinski definition) is 4. The van der Waals surface area contributed by atoms with Crippen LogP contribution < -0.4 is 16.4 Å². The van der Waals surface area contributed by atoms with Crippen molar-refractivity contribution in [2.75, 3.05) is 12.3 Å². The molecule has 0 radical (unpaired) electrons. The van der Waals surface area contributed by atoms with Crippen molar-refractivity contribution in [1.82, 2.24) is 20.6 Å². The minimum atomic E-state index is -0.750. The molecule has 1 unspecified atom stereocenters. The van der Waals surface area contributed by atoms with E-state index in [1.807, 2.05) is 0 Å². The Kier molecular flexibility index (Phi) is 8.35. The maximum absolute atomic E-state index is 15.1. The van der Waals surface area contributed by atoms with Gasteiger partial charge in [0.2, 0.25) is 5.91 Å². The molecular weight excluding hydrogens is 497 g/mol. The van der Waals surface area contributed by atoms with E-state index in [-0.39, 0.29) is 35.9 Å². The number of carbonyl (C=O) groups is 2. The van der Waals surface area contributed by atoms with Crippen molar-refractivity contribution >= 4 is 29.2 Å². The van der Waals surface area contributed by atoms with Gasteiger partial charge in [0, 0.05) is 29.5 Å². The summed E-state index contributed by atoms with van der Waals surface area (Å²) in [6, 6.07) is 10.3. The van der Waals surface area contributed by atoms with E-state index < -0.39 is 17.8 Å². The van der Waals surface area contributed by atoms with E-state index in [0.29, 0.717) is 21.8 Å². The molecule has 8 nitrogen and oxygen atoms in total. The van der Waals surface area contributed by atoms with Gasteiger partial charge in [-0.15, -0.1) is 0 Å². The van der Waals surface area contributed by atoms with Crippen molar-refractivity contribution in [3.63, 3.8) is 0 Å². The molecule has 1 atom stereocenters. The SMILES string of the molecule is CC(=O)N[C@H]1CC[C@H](c2cnc(N)c(-c3ccc(C(=O)NC(CO)c4cccc(Cl)c4)c(F)c3)n2)CC1. The van der Waals surface area contributed by atoms with Gasteiger partial charge in [0.25, 0.3) is 5.91 Å². The second kappa shape index (κ2) is 11.7. The van der Waals surface area contributed by atoms with Crippen molar-refractivity contribution in [2.45, 2.75) is 50.6 Å². The molecule has 2 amide bonds. The lowest BCUT2D eigenvalue weighted by Gasteiger charge is -2.28. The molecule has 4 rings (SSSR count). The highest BCUT2D eigenvalue weighted by Gasteiger charge is 2.25. The fraction of sp³-hybridized carbons (Fsp3) is 0.333. The molecule has 0 aliphatic heterocycles. The Bertz CT molecular complexity index is 1300. The highest BCUT2D eigenvalue weighted by molar-refractivity contribution is 6.30. The van der Waals surface area contributed by atoms with E-state index in [1.54, 1.807) is 36.5 Å². The lowest BCUT2D eigenvalue weighted by atomic mass is 9.84. The third-order valence-corrected chi connectivity index (χ3v) is 6.83. The van der Waals surface area contributed by atoms with Gasteiger partial charge >= 0.3 is 0 Å². The lowest BCUT2D eigenvalue weighted by molar-refractivity contribution is -0.119. The molecule has 1 fully saturated rings. The fourth-order valence-corrected chi connectivity index (χ4v) is 4.88. The molecule has 0 bridgehead atoms. The average Bonchev–Trinajstić information content (AvgIpc) is 2.87. The molecule has 1 saturated carbocycles. The van der Waals surface area contributed by atoms with Crippen molar-refractivity contribution in [3.05, 3.63) is 76.3 Å². The number of nitrogens with zero attached hydrogens (tertiary/aromatic N) is 2. The molecule has 194 valence electrons. The van der Waals surface area contributed by atoms with Gasteiger partial charge < -0.3 is 21.5 Å². The summed E-state index contributed by atoms with van der Waals surface area (Å²) >= 11 is 6.01. The van der Waals surface area contributed by atoms with Gasteiger partial charge in [-0.1, -0.05) is 29.8 Å². The van der Waals surface area contributed by atoms with Crippen LogP contribution in [0, 0.1) is 5.82 Å². The third kappa shape index (κ3) is 6.42. The highest BCUT2D eigenvalue weighted by Crippen LogP contribution is 2.34. The van der Waals surface area contributed by atoms with Crippen LogP contribution >= 0.6 is 11.6 Å². The number of amides is 2. The number of nitrogens with one attached hydrogen (secondary N) is 2. The molecule has 37 heavy (non-hydrogen) atoms. The maximum atomic E-state index is 15.1. The van der Waals surface area contributed by atoms with Crippen molar-refractivity contribution < 1.29 is 19.1 Å². The molecule has 1 aromatic heterocycles. The first kappa shape index (κ1) is 26.5. The van der Waals surface area contributed by atoms with Crippen LogP contribution in [0.2, 0.25) is 5.02 Å². The van der Waals surface area contributed by atoms with Crippen molar-refractivity contribution in [2.24, 2.45) is 0 Å². The summed E-state index contributed by atoms with van der Waals surface area (Å²) in [6.45, 7) is 1.14. The van der Waals surface area contributed by atoms with Crippen LogP contribution in [0.4, 0.5) is 10.2 Å². The van der Waals surface area contributed by atoms with Gasteiger partial charge in [0.05, 0.1) is 30.1 Å². The first-order valence-corrected chi connectivity index (χ1v) is 12.5. The van der Waals surface area contributed by atoms with Gasteiger partial charge in [0.15, 0.2) is 0 Å². The van der Waals surface area contributed by atoms with Crippen LogP contribution in [0.25, 0.3) is 11.3 Å². The van der Waals surface area contributed by atoms with E-state index in [4.69, 9.17) is 17.3 Å². The number of hydrogen-bond acceptors (Lipinski definition) is 6. The van der Waals surface area contributed by atoms with Gasteiger partial charge in [0.1, 0.15) is 17.3 Å². The molecule has 1 heterocycles. The van der Waals surface area contributed by atoms with Gasteiger partial charge in [-0.05, 0) is 55.5 Å². The number of benzene rings is 2. The summed E-state index contributed by atoms with van der Waals surface area (Å²) in [4.78, 5) is 33.1. The number of aliphatic hydroxyl groups is 1. The highest BCUT2D eigenvalue weighted by atomic mass is 35.5.